The van der Waals surface area contributed by atoms with Gasteiger partial charge >= 0.3 is 0 Å². The van der Waals surface area contributed by atoms with Gasteiger partial charge in [0, 0.05) is 29.2 Å². The molecule has 0 bridgehead atoms. The standard InChI is InChI=1S/C26H18FN3O2S/c27-19-9-6-10-20(14-19)30-25(32)22(24(31)28-26(30)33)13-18-16-29(15-17-7-2-1-3-8-17)23-12-5-4-11-21(18)23/h1-14,16H,15H2,(H,28,31,33). The van der Waals surface area contributed by atoms with Crippen molar-refractivity contribution in [1.29, 1.82) is 0 Å². The number of hydrogen-bond donors (Lipinski definition) is 1. The van der Waals surface area contributed by atoms with Crippen LogP contribution in [0.1, 0.15) is 11.1 Å². The van der Waals surface area contributed by atoms with Crippen LogP contribution in [0.25, 0.3) is 17.0 Å². The number of benzene rings is 3. The van der Waals surface area contributed by atoms with E-state index in [1.807, 2.05) is 60.8 Å². The van der Waals surface area contributed by atoms with E-state index < -0.39 is 17.6 Å². The lowest BCUT2D eigenvalue weighted by molar-refractivity contribution is -0.122. The van der Waals surface area contributed by atoms with E-state index in [1.165, 1.54) is 18.2 Å². The Labute approximate surface area is 194 Å². The van der Waals surface area contributed by atoms with Crippen LogP contribution in [0.5, 0.6) is 0 Å². The molecule has 5 nitrogen and oxygen atoms in total. The van der Waals surface area contributed by atoms with Gasteiger partial charge in [-0.15, -0.1) is 0 Å². The first-order valence-electron chi connectivity index (χ1n) is 10.3. The van der Waals surface area contributed by atoms with Crippen LogP contribution in [-0.4, -0.2) is 21.5 Å². The molecule has 0 saturated carbocycles. The highest BCUT2D eigenvalue weighted by Crippen LogP contribution is 2.27. The lowest BCUT2D eigenvalue weighted by Crippen LogP contribution is -2.54. The summed E-state index contributed by atoms with van der Waals surface area (Å²) in [5.74, 6) is -1.69. The van der Waals surface area contributed by atoms with Gasteiger partial charge in [-0.1, -0.05) is 54.6 Å². The molecule has 1 saturated heterocycles. The van der Waals surface area contributed by atoms with Crippen molar-refractivity contribution in [1.82, 2.24) is 9.88 Å². The number of aromatic nitrogens is 1. The van der Waals surface area contributed by atoms with Crippen LogP contribution in [-0.2, 0) is 16.1 Å². The number of carbonyl (C=O) groups is 2. The second-order valence-electron chi connectivity index (χ2n) is 7.65. The summed E-state index contributed by atoms with van der Waals surface area (Å²) in [6, 6.07) is 23.4. The fourth-order valence-electron chi connectivity index (χ4n) is 3.96. The van der Waals surface area contributed by atoms with Crippen molar-refractivity contribution >= 4 is 51.8 Å². The third kappa shape index (κ3) is 3.94. The van der Waals surface area contributed by atoms with Crippen LogP contribution in [0.2, 0.25) is 0 Å². The van der Waals surface area contributed by atoms with E-state index in [4.69, 9.17) is 12.2 Å². The van der Waals surface area contributed by atoms with Crippen LogP contribution in [0.3, 0.4) is 0 Å². The van der Waals surface area contributed by atoms with Crippen molar-refractivity contribution in [2.24, 2.45) is 0 Å². The number of nitrogens with one attached hydrogen (secondary N) is 1. The first-order chi connectivity index (χ1) is 16.0. The Morgan fingerprint density at radius 3 is 2.48 bits per heavy atom. The van der Waals surface area contributed by atoms with E-state index in [2.05, 4.69) is 9.88 Å². The SMILES string of the molecule is O=C1NC(=S)N(c2cccc(F)c2)C(=O)C1=Cc1cn(Cc2ccccc2)c2ccccc12. The lowest BCUT2D eigenvalue weighted by Gasteiger charge is -2.28. The second kappa shape index (κ2) is 8.44. The molecule has 0 radical (unpaired) electrons. The summed E-state index contributed by atoms with van der Waals surface area (Å²) in [5.41, 5.74) is 3.02. The average Bonchev–Trinajstić information content (AvgIpc) is 3.14. The second-order valence-corrected chi connectivity index (χ2v) is 8.04. The molecular weight excluding hydrogens is 437 g/mol. The van der Waals surface area contributed by atoms with E-state index in [0.717, 1.165) is 26.9 Å². The van der Waals surface area contributed by atoms with Gasteiger partial charge in [-0.3, -0.25) is 19.8 Å². The maximum absolute atomic E-state index is 13.8. The van der Waals surface area contributed by atoms with E-state index in [-0.39, 0.29) is 16.4 Å². The van der Waals surface area contributed by atoms with E-state index in [0.29, 0.717) is 6.54 Å². The zero-order chi connectivity index (χ0) is 22.9. The van der Waals surface area contributed by atoms with Crippen LogP contribution >= 0.6 is 12.2 Å². The molecule has 0 atom stereocenters. The van der Waals surface area contributed by atoms with Crippen LogP contribution in [0.15, 0.2) is 90.6 Å². The Hall–Kier alpha value is -4.10. The molecule has 162 valence electrons. The largest absolute Gasteiger partial charge is 0.342 e. The van der Waals surface area contributed by atoms with E-state index >= 15 is 0 Å². The Morgan fingerprint density at radius 2 is 1.70 bits per heavy atom. The number of hydrogen-bond acceptors (Lipinski definition) is 3. The Bertz CT molecular complexity index is 1440. The summed E-state index contributed by atoms with van der Waals surface area (Å²) >= 11 is 5.20. The molecule has 5 rings (SSSR count). The molecule has 1 aliphatic rings. The van der Waals surface area contributed by atoms with E-state index in [1.54, 1.807) is 12.1 Å². The number of rotatable bonds is 4. The van der Waals surface area contributed by atoms with Gasteiger partial charge in [-0.25, -0.2) is 4.39 Å². The zero-order valence-electron chi connectivity index (χ0n) is 17.4. The summed E-state index contributed by atoms with van der Waals surface area (Å²) < 4.78 is 15.8. The summed E-state index contributed by atoms with van der Waals surface area (Å²) in [5, 5.41) is 3.37. The Balaban J connectivity index is 1.58. The summed E-state index contributed by atoms with van der Waals surface area (Å²) in [6.45, 7) is 0.643. The Kier molecular flexibility index (Phi) is 5.32. The molecule has 1 fully saturated rings. The van der Waals surface area contributed by atoms with Gasteiger partial charge in [-0.2, -0.15) is 0 Å². The highest BCUT2D eigenvalue weighted by Gasteiger charge is 2.34. The van der Waals surface area contributed by atoms with Gasteiger partial charge in [0.2, 0.25) is 0 Å². The predicted octanol–water partition coefficient (Wildman–Crippen LogP) is 4.66. The van der Waals surface area contributed by atoms with Crippen molar-refractivity contribution in [3.8, 4) is 0 Å². The molecule has 0 spiro atoms. The van der Waals surface area contributed by atoms with Crippen LogP contribution < -0.4 is 10.2 Å². The van der Waals surface area contributed by atoms with Crippen molar-refractivity contribution < 1.29 is 14.0 Å². The normalized spacial score (nSPS) is 15.4. The maximum atomic E-state index is 13.8. The first-order valence-corrected chi connectivity index (χ1v) is 10.7. The molecule has 1 aliphatic heterocycles. The molecular formula is C26H18FN3O2S. The minimum atomic E-state index is -0.603. The van der Waals surface area contributed by atoms with Crippen molar-refractivity contribution in [2.45, 2.75) is 6.54 Å². The average molecular weight is 456 g/mol. The van der Waals surface area contributed by atoms with Crippen LogP contribution in [0.4, 0.5) is 10.1 Å². The zero-order valence-corrected chi connectivity index (χ0v) is 18.2. The van der Waals surface area contributed by atoms with Gasteiger partial charge < -0.3 is 4.57 Å². The molecule has 1 N–H and O–H groups in total. The van der Waals surface area contributed by atoms with Gasteiger partial charge in [0.1, 0.15) is 11.4 Å². The molecule has 0 aliphatic carbocycles. The first kappa shape index (κ1) is 20.8. The van der Waals surface area contributed by atoms with Crippen LogP contribution in [0, 0.1) is 5.82 Å². The number of thiocarbonyl (C=S) groups is 1. The number of fused-ring (bicyclic) bond motifs is 1. The smallest absolute Gasteiger partial charge is 0.270 e. The van der Waals surface area contributed by atoms with Crippen molar-refractivity contribution in [2.75, 3.05) is 4.90 Å². The summed E-state index contributed by atoms with van der Waals surface area (Å²) in [4.78, 5) is 27.1. The molecule has 2 heterocycles. The minimum Gasteiger partial charge on any atom is -0.342 e. The van der Waals surface area contributed by atoms with Crippen molar-refractivity contribution in [3.05, 3.63) is 108 Å². The number of para-hydroxylation sites is 1. The Morgan fingerprint density at radius 1 is 0.939 bits per heavy atom. The van der Waals surface area contributed by atoms with Crippen molar-refractivity contribution in [3.63, 3.8) is 0 Å². The molecule has 3 aromatic carbocycles. The van der Waals surface area contributed by atoms with Gasteiger partial charge in [0.25, 0.3) is 11.8 Å². The number of nitrogens with zero attached hydrogens (tertiary/aromatic N) is 2. The minimum absolute atomic E-state index is 0.0736. The number of amides is 2. The fraction of sp³-hybridized carbons (Fsp3) is 0.0385. The quantitative estimate of drug-likeness (QED) is 0.277. The highest BCUT2D eigenvalue weighted by atomic mass is 32.1. The predicted molar refractivity (Wildman–Crippen MR) is 130 cm³/mol. The van der Waals surface area contributed by atoms with Gasteiger partial charge in [0.05, 0.1) is 5.69 Å². The van der Waals surface area contributed by atoms with Gasteiger partial charge in [-0.05, 0) is 48.1 Å². The summed E-state index contributed by atoms with van der Waals surface area (Å²) in [6.07, 6.45) is 3.49. The van der Waals surface area contributed by atoms with E-state index in [9.17, 15) is 14.0 Å². The third-order valence-electron chi connectivity index (χ3n) is 5.48. The monoisotopic (exact) mass is 455 g/mol. The lowest BCUT2D eigenvalue weighted by atomic mass is 10.1. The van der Waals surface area contributed by atoms with Gasteiger partial charge in [0.15, 0.2) is 5.11 Å². The fourth-order valence-corrected chi connectivity index (χ4v) is 4.24. The highest BCUT2D eigenvalue weighted by molar-refractivity contribution is 7.80. The molecule has 0 unspecified atom stereocenters. The maximum Gasteiger partial charge on any atom is 0.270 e. The molecule has 4 aromatic rings. The summed E-state index contributed by atoms with van der Waals surface area (Å²) in [7, 11) is 0. The molecule has 7 heteroatoms. The molecule has 2 amide bonds. The third-order valence-corrected chi connectivity index (χ3v) is 5.77. The number of halogens is 1. The molecule has 1 aromatic heterocycles. The molecule has 33 heavy (non-hydrogen) atoms. The number of anilines is 1. The topological polar surface area (TPSA) is 54.3 Å². The number of carbonyl (C=O) groups excluding carboxylic acids is 2.